The van der Waals surface area contributed by atoms with Crippen LogP contribution >= 0.6 is 0 Å². The number of anilines is 1. The van der Waals surface area contributed by atoms with Crippen molar-refractivity contribution in [2.24, 2.45) is 0 Å². The Morgan fingerprint density at radius 2 is 1.81 bits per heavy atom. The molecular weight excluding hydrogens is 258 g/mol. The first-order valence-corrected chi connectivity index (χ1v) is 6.82. The molecule has 0 radical (unpaired) electrons. The lowest BCUT2D eigenvalue weighted by molar-refractivity contribution is 0.926. The Hall–Kier alpha value is -2.86. The van der Waals surface area contributed by atoms with Crippen LogP contribution < -0.4 is 4.90 Å². The third-order valence-electron chi connectivity index (χ3n) is 3.58. The van der Waals surface area contributed by atoms with Crippen LogP contribution in [0, 0.1) is 11.3 Å². The first-order chi connectivity index (χ1) is 10.3. The molecule has 0 saturated carbocycles. The average molecular weight is 273 g/mol. The van der Waals surface area contributed by atoms with E-state index in [0.29, 0.717) is 5.56 Å². The van der Waals surface area contributed by atoms with Gasteiger partial charge in [0, 0.05) is 25.2 Å². The molecule has 3 aromatic rings. The molecule has 3 heteroatoms. The summed E-state index contributed by atoms with van der Waals surface area (Å²) in [5.74, 6) is 0. The second-order valence-electron chi connectivity index (χ2n) is 4.97. The monoisotopic (exact) mass is 273 g/mol. The topological polar surface area (TPSA) is 39.9 Å². The van der Waals surface area contributed by atoms with E-state index in [4.69, 9.17) is 0 Å². The second-order valence-corrected chi connectivity index (χ2v) is 4.97. The third kappa shape index (κ3) is 2.56. The van der Waals surface area contributed by atoms with Crippen molar-refractivity contribution in [3.63, 3.8) is 0 Å². The zero-order valence-electron chi connectivity index (χ0n) is 11.8. The number of aromatic nitrogens is 1. The second kappa shape index (κ2) is 5.64. The van der Waals surface area contributed by atoms with Gasteiger partial charge in [0.1, 0.15) is 6.07 Å². The largest absolute Gasteiger partial charge is 0.369 e. The van der Waals surface area contributed by atoms with Crippen LogP contribution in [-0.4, -0.2) is 12.0 Å². The van der Waals surface area contributed by atoms with Crippen LogP contribution in [-0.2, 0) is 6.54 Å². The Morgan fingerprint density at radius 1 is 1.05 bits per heavy atom. The Balaban J connectivity index is 1.97. The highest BCUT2D eigenvalue weighted by Crippen LogP contribution is 2.23. The minimum absolute atomic E-state index is 0.693. The Labute approximate surface area is 124 Å². The maximum absolute atomic E-state index is 9.22. The first-order valence-electron chi connectivity index (χ1n) is 6.82. The van der Waals surface area contributed by atoms with E-state index in [1.807, 2.05) is 61.8 Å². The van der Waals surface area contributed by atoms with E-state index in [2.05, 4.69) is 22.0 Å². The van der Waals surface area contributed by atoms with E-state index in [1.165, 1.54) is 5.56 Å². The lowest BCUT2D eigenvalue weighted by Crippen LogP contribution is -2.17. The summed E-state index contributed by atoms with van der Waals surface area (Å²) in [6, 6.07) is 20.1. The van der Waals surface area contributed by atoms with Crippen molar-refractivity contribution in [1.82, 2.24) is 4.98 Å². The van der Waals surface area contributed by atoms with Crippen LogP contribution in [0.15, 0.2) is 60.8 Å². The average Bonchev–Trinajstić information content (AvgIpc) is 2.55. The highest BCUT2D eigenvalue weighted by molar-refractivity contribution is 5.82. The standard InChI is InChI=1S/C18H15N3/c1-21(18-9-5-2-6-14(18)12-19)13-15-10-11-20-17-8-4-3-7-16(15)17/h2-11H,13H2,1H3. The number of benzene rings is 2. The smallest absolute Gasteiger partial charge is 0.101 e. The van der Waals surface area contributed by atoms with Crippen LogP contribution in [0.25, 0.3) is 10.9 Å². The molecule has 0 aliphatic carbocycles. The van der Waals surface area contributed by atoms with Crippen LogP contribution in [0.3, 0.4) is 0 Å². The fraction of sp³-hybridized carbons (Fsp3) is 0.111. The van der Waals surface area contributed by atoms with Crippen LogP contribution in [0.1, 0.15) is 11.1 Å². The lowest BCUT2D eigenvalue weighted by atomic mass is 10.1. The first kappa shape index (κ1) is 13.1. The number of nitriles is 1. The molecule has 0 fully saturated rings. The maximum Gasteiger partial charge on any atom is 0.101 e. The van der Waals surface area contributed by atoms with Crippen molar-refractivity contribution in [3.8, 4) is 6.07 Å². The van der Waals surface area contributed by atoms with Crippen molar-refractivity contribution in [2.45, 2.75) is 6.54 Å². The maximum atomic E-state index is 9.22. The molecule has 0 unspecified atom stereocenters. The van der Waals surface area contributed by atoms with Gasteiger partial charge in [-0.3, -0.25) is 4.98 Å². The van der Waals surface area contributed by atoms with Gasteiger partial charge < -0.3 is 4.90 Å². The SMILES string of the molecule is CN(Cc1ccnc2ccccc12)c1ccccc1C#N. The van der Waals surface area contributed by atoms with Crippen molar-refractivity contribution in [1.29, 1.82) is 5.26 Å². The quantitative estimate of drug-likeness (QED) is 0.729. The summed E-state index contributed by atoms with van der Waals surface area (Å²) in [7, 11) is 2.01. The molecule has 0 spiro atoms. The highest BCUT2D eigenvalue weighted by atomic mass is 15.1. The summed E-state index contributed by atoms with van der Waals surface area (Å²) in [5.41, 5.74) is 3.84. The van der Waals surface area contributed by atoms with E-state index in [-0.39, 0.29) is 0 Å². The number of hydrogen-bond donors (Lipinski definition) is 0. The van der Waals surface area contributed by atoms with Gasteiger partial charge in [0.15, 0.2) is 0 Å². The minimum atomic E-state index is 0.693. The van der Waals surface area contributed by atoms with Crippen molar-refractivity contribution >= 4 is 16.6 Å². The van der Waals surface area contributed by atoms with Gasteiger partial charge in [-0.25, -0.2) is 0 Å². The highest BCUT2D eigenvalue weighted by Gasteiger charge is 2.09. The van der Waals surface area contributed by atoms with E-state index in [0.717, 1.165) is 23.1 Å². The van der Waals surface area contributed by atoms with Crippen molar-refractivity contribution < 1.29 is 0 Å². The molecule has 0 saturated heterocycles. The van der Waals surface area contributed by atoms with E-state index in [1.54, 1.807) is 0 Å². The zero-order chi connectivity index (χ0) is 14.7. The predicted molar refractivity (Wildman–Crippen MR) is 85.0 cm³/mol. The van der Waals surface area contributed by atoms with Gasteiger partial charge in [-0.15, -0.1) is 0 Å². The van der Waals surface area contributed by atoms with Gasteiger partial charge in [-0.05, 0) is 29.8 Å². The van der Waals surface area contributed by atoms with Gasteiger partial charge in [-0.1, -0.05) is 30.3 Å². The van der Waals surface area contributed by atoms with Crippen LogP contribution in [0.4, 0.5) is 5.69 Å². The number of pyridine rings is 1. The van der Waals surface area contributed by atoms with Gasteiger partial charge in [0.2, 0.25) is 0 Å². The molecule has 1 aromatic heterocycles. The molecule has 102 valence electrons. The van der Waals surface area contributed by atoms with Gasteiger partial charge in [0.05, 0.1) is 16.8 Å². The minimum Gasteiger partial charge on any atom is -0.369 e. The molecule has 0 atom stereocenters. The van der Waals surface area contributed by atoms with Crippen LogP contribution in [0.2, 0.25) is 0 Å². The Morgan fingerprint density at radius 3 is 2.67 bits per heavy atom. The van der Waals surface area contributed by atoms with E-state index < -0.39 is 0 Å². The molecule has 21 heavy (non-hydrogen) atoms. The summed E-state index contributed by atoms with van der Waals surface area (Å²) in [4.78, 5) is 6.48. The summed E-state index contributed by atoms with van der Waals surface area (Å²) in [6.45, 7) is 0.738. The fourth-order valence-corrected chi connectivity index (χ4v) is 2.53. The molecule has 1 heterocycles. The summed E-state index contributed by atoms with van der Waals surface area (Å²) < 4.78 is 0. The summed E-state index contributed by atoms with van der Waals surface area (Å²) >= 11 is 0. The normalized spacial score (nSPS) is 10.3. The molecule has 3 nitrogen and oxygen atoms in total. The van der Waals surface area contributed by atoms with Gasteiger partial charge in [-0.2, -0.15) is 5.26 Å². The lowest BCUT2D eigenvalue weighted by Gasteiger charge is -2.21. The van der Waals surface area contributed by atoms with Crippen molar-refractivity contribution in [2.75, 3.05) is 11.9 Å². The summed E-state index contributed by atoms with van der Waals surface area (Å²) in [6.07, 6.45) is 1.84. The predicted octanol–water partition coefficient (Wildman–Crippen LogP) is 3.74. The molecular formula is C18H15N3. The summed E-state index contributed by atoms with van der Waals surface area (Å²) in [5, 5.41) is 10.4. The van der Waals surface area contributed by atoms with Gasteiger partial charge in [0.25, 0.3) is 0 Å². The molecule has 0 amide bonds. The molecule has 2 aromatic carbocycles. The van der Waals surface area contributed by atoms with Crippen molar-refractivity contribution in [3.05, 3.63) is 71.9 Å². The van der Waals surface area contributed by atoms with E-state index >= 15 is 0 Å². The number of rotatable bonds is 3. The molecule has 0 aliphatic rings. The zero-order valence-corrected chi connectivity index (χ0v) is 11.8. The van der Waals surface area contributed by atoms with Gasteiger partial charge >= 0.3 is 0 Å². The van der Waals surface area contributed by atoms with Crippen LogP contribution in [0.5, 0.6) is 0 Å². The number of hydrogen-bond acceptors (Lipinski definition) is 3. The third-order valence-corrected chi connectivity index (χ3v) is 3.58. The number of nitrogens with zero attached hydrogens (tertiary/aromatic N) is 3. The fourth-order valence-electron chi connectivity index (χ4n) is 2.53. The number of para-hydroxylation sites is 2. The number of fused-ring (bicyclic) bond motifs is 1. The Kier molecular flexibility index (Phi) is 3.53. The van der Waals surface area contributed by atoms with E-state index in [9.17, 15) is 5.26 Å². The molecule has 3 rings (SSSR count). The molecule has 0 bridgehead atoms. The molecule has 0 N–H and O–H groups in total. The Bertz CT molecular complexity index is 813. The molecule has 0 aliphatic heterocycles.